The van der Waals surface area contributed by atoms with E-state index in [0.29, 0.717) is 6.61 Å². The van der Waals surface area contributed by atoms with E-state index in [1.54, 1.807) is 11.0 Å². The number of hydrogen-bond acceptors (Lipinski definition) is 2. The molecule has 2 rings (SSSR count). The van der Waals surface area contributed by atoms with E-state index in [-0.39, 0.29) is 6.09 Å². The maximum atomic E-state index is 11.7. The Morgan fingerprint density at radius 2 is 2.06 bits per heavy atom. The number of rotatable bonds is 2. The zero-order valence-corrected chi connectivity index (χ0v) is 9.56. The summed E-state index contributed by atoms with van der Waals surface area (Å²) in [5, 5.41) is 0. The Hall–Kier alpha value is -1.77. The Morgan fingerprint density at radius 3 is 2.62 bits per heavy atom. The van der Waals surface area contributed by atoms with Crippen LogP contribution < -0.4 is 4.90 Å². The van der Waals surface area contributed by atoms with E-state index in [1.165, 1.54) is 0 Å². The number of ether oxygens (including phenoxy) is 1. The van der Waals surface area contributed by atoms with Crippen LogP contribution in [0.15, 0.2) is 36.9 Å². The number of hydrogen-bond donors (Lipinski definition) is 0. The summed E-state index contributed by atoms with van der Waals surface area (Å²) in [6, 6.07) is 7.79. The summed E-state index contributed by atoms with van der Waals surface area (Å²) in [5.74, 6) is 0. The van der Waals surface area contributed by atoms with Crippen LogP contribution in [-0.2, 0) is 4.74 Å². The third kappa shape index (κ3) is 1.58. The smallest absolute Gasteiger partial charge is 0.415 e. The van der Waals surface area contributed by atoms with Crippen molar-refractivity contribution < 1.29 is 9.53 Å². The summed E-state index contributed by atoms with van der Waals surface area (Å²) in [6.45, 7) is 8.07. The number of anilines is 1. The lowest BCUT2D eigenvalue weighted by Gasteiger charge is -2.28. The molecule has 0 saturated carbocycles. The molecule has 1 aromatic rings. The molecule has 1 fully saturated rings. The normalized spacial score (nSPS) is 24.4. The number of carbonyl (C=O) groups excluding carboxylic acids is 1. The van der Waals surface area contributed by atoms with Crippen molar-refractivity contribution in [1.29, 1.82) is 0 Å². The third-order valence-electron chi connectivity index (χ3n) is 2.91. The second-order valence-corrected chi connectivity index (χ2v) is 4.29. The van der Waals surface area contributed by atoms with Gasteiger partial charge in [0, 0.05) is 5.69 Å². The van der Waals surface area contributed by atoms with Crippen molar-refractivity contribution in [2.45, 2.75) is 19.4 Å². The molecular formula is C13H15NO2. The van der Waals surface area contributed by atoms with Gasteiger partial charge in [0.05, 0.1) is 0 Å². The molecule has 1 aliphatic rings. The first-order chi connectivity index (χ1) is 7.57. The summed E-state index contributed by atoms with van der Waals surface area (Å²) in [6.07, 6.45) is 1.43. The van der Waals surface area contributed by atoms with E-state index in [2.05, 4.69) is 6.58 Å². The van der Waals surface area contributed by atoms with Crippen LogP contribution in [0.2, 0.25) is 0 Å². The topological polar surface area (TPSA) is 29.5 Å². The molecule has 16 heavy (non-hydrogen) atoms. The first-order valence-corrected chi connectivity index (χ1v) is 5.24. The highest BCUT2D eigenvalue weighted by Crippen LogP contribution is 2.31. The molecule has 1 unspecified atom stereocenters. The van der Waals surface area contributed by atoms with Crippen LogP contribution in [0.25, 0.3) is 0 Å². The second kappa shape index (κ2) is 3.67. The van der Waals surface area contributed by atoms with Crippen molar-refractivity contribution in [3.8, 4) is 0 Å². The standard InChI is InChI=1S/C13H15NO2/c1-4-13(3)9-16-12(15)14(13)11-7-5-10(2)6-8-11/h4-8H,1,9H2,2-3H3. The van der Waals surface area contributed by atoms with E-state index in [9.17, 15) is 4.79 Å². The number of amides is 1. The zero-order chi connectivity index (χ0) is 11.8. The Morgan fingerprint density at radius 1 is 1.44 bits per heavy atom. The molecule has 1 amide bonds. The number of aryl methyl sites for hydroxylation is 1. The summed E-state index contributed by atoms with van der Waals surface area (Å²) < 4.78 is 5.07. The fraction of sp³-hybridized carbons (Fsp3) is 0.308. The second-order valence-electron chi connectivity index (χ2n) is 4.29. The van der Waals surface area contributed by atoms with Crippen molar-refractivity contribution in [2.24, 2.45) is 0 Å². The van der Waals surface area contributed by atoms with Crippen LogP contribution in [0.3, 0.4) is 0 Å². The minimum absolute atomic E-state index is 0.314. The van der Waals surface area contributed by atoms with Gasteiger partial charge in [-0.3, -0.25) is 4.90 Å². The molecule has 1 atom stereocenters. The molecule has 0 radical (unpaired) electrons. The fourth-order valence-electron chi connectivity index (χ4n) is 1.79. The molecule has 0 spiro atoms. The predicted molar refractivity (Wildman–Crippen MR) is 63.6 cm³/mol. The van der Waals surface area contributed by atoms with E-state index in [4.69, 9.17) is 4.74 Å². The summed E-state index contributed by atoms with van der Waals surface area (Å²) in [5.41, 5.74) is 1.55. The molecular weight excluding hydrogens is 202 g/mol. The Kier molecular flexibility index (Phi) is 2.46. The van der Waals surface area contributed by atoms with Gasteiger partial charge in [-0.1, -0.05) is 23.8 Å². The van der Waals surface area contributed by atoms with Gasteiger partial charge in [0.1, 0.15) is 12.1 Å². The lowest BCUT2D eigenvalue weighted by atomic mass is 10.0. The van der Waals surface area contributed by atoms with E-state index >= 15 is 0 Å². The fourth-order valence-corrected chi connectivity index (χ4v) is 1.79. The molecule has 84 valence electrons. The van der Waals surface area contributed by atoms with Gasteiger partial charge in [0.25, 0.3) is 0 Å². The van der Waals surface area contributed by atoms with E-state index < -0.39 is 5.54 Å². The van der Waals surface area contributed by atoms with Crippen molar-refractivity contribution in [3.05, 3.63) is 42.5 Å². The Bertz CT molecular complexity index is 424. The molecule has 1 aliphatic heterocycles. The monoisotopic (exact) mass is 217 g/mol. The largest absolute Gasteiger partial charge is 0.446 e. The lowest BCUT2D eigenvalue weighted by Crippen LogP contribution is -2.43. The number of cyclic esters (lactones) is 1. The average Bonchev–Trinajstić information content (AvgIpc) is 2.58. The van der Waals surface area contributed by atoms with Crippen LogP contribution in [0, 0.1) is 6.92 Å². The molecule has 0 aromatic heterocycles. The quantitative estimate of drug-likeness (QED) is 0.713. The molecule has 1 heterocycles. The van der Waals surface area contributed by atoms with Crippen molar-refractivity contribution in [1.82, 2.24) is 0 Å². The maximum Gasteiger partial charge on any atom is 0.415 e. The lowest BCUT2D eigenvalue weighted by molar-refractivity contribution is 0.176. The summed E-state index contributed by atoms with van der Waals surface area (Å²) in [7, 11) is 0. The van der Waals surface area contributed by atoms with Gasteiger partial charge in [-0.25, -0.2) is 4.79 Å². The molecule has 3 nitrogen and oxygen atoms in total. The highest BCUT2D eigenvalue weighted by molar-refractivity contribution is 5.92. The van der Waals surface area contributed by atoms with Crippen LogP contribution >= 0.6 is 0 Å². The molecule has 1 aromatic carbocycles. The maximum absolute atomic E-state index is 11.7. The number of nitrogens with zero attached hydrogens (tertiary/aromatic N) is 1. The number of carbonyl (C=O) groups is 1. The third-order valence-corrected chi connectivity index (χ3v) is 2.91. The van der Waals surface area contributed by atoms with Crippen LogP contribution in [0.5, 0.6) is 0 Å². The molecule has 0 N–H and O–H groups in total. The summed E-state index contributed by atoms with van der Waals surface area (Å²) in [4.78, 5) is 13.3. The first kappa shape index (κ1) is 10.7. The van der Waals surface area contributed by atoms with Crippen molar-refractivity contribution in [2.75, 3.05) is 11.5 Å². The first-order valence-electron chi connectivity index (χ1n) is 5.24. The zero-order valence-electron chi connectivity index (χ0n) is 9.56. The Labute approximate surface area is 95.3 Å². The van der Waals surface area contributed by atoms with Crippen molar-refractivity contribution >= 4 is 11.8 Å². The van der Waals surface area contributed by atoms with Gasteiger partial charge >= 0.3 is 6.09 Å². The average molecular weight is 217 g/mol. The Balaban J connectivity index is 2.41. The highest BCUT2D eigenvalue weighted by Gasteiger charge is 2.42. The van der Waals surface area contributed by atoms with E-state index in [1.807, 2.05) is 38.1 Å². The van der Waals surface area contributed by atoms with Gasteiger partial charge in [0.15, 0.2) is 0 Å². The number of benzene rings is 1. The van der Waals surface area contributed by atoms with Crippen molar-refractivity contribution in [3.63, 3.8) is 0 Å². The van der Waals surface area contributed by atoms with Gasteiger partial charge in [0.2, 0.25) is 0 Å². The molecule has 0 aliphatic carbocycles. The van der Waals surface area contributed by atoms with E-state index in [0.717, 1.165) is 11.3 Å². The minimum Gasteiger partial charge on any atom is -0.446 e. The molecule has 0 bridgehead atoms. The van der Waals surface area contributed by atoms with Crippen LogP contribution in [0.4, 0.5) is 10.5 Å². The predicted octanol–water partition coefficient (Wildman–Crippen LogP) is 2.90. The van der Waals surface area contributed by atoms with Gasteiger partial charge in [-0.2, -0.15) is 0 Å². The highest BCUT2D eigenvalue weighted by atomic mass is 16.6. The van der Waals surface area contributed by atoms with Gasteiger partial charge in [-0.15, -0.1) is 6.58 Å². The minimum atomic E-state index is -0.452. The molecule has 1 saturated heterocycles. The molecule has 3 heteroatoms. The van der Waals surface area contributed by atoms with Gasteiger partial charge < -0.3 is 4.74 Å². The summed E-state index contributed by atoms with van der Waals surface area (Å²) >= 11 is 0. The van der Waals surface area contributed by atoms with Gasteiger partial charge in [-0.05, 0) is 26.0 Å². The SMILES string of the molecule is C=CC1(C)COC(=O)N1c1ccc(C)cc1. The van der Waals surface area contributed by atoms with Crippen LogP contribution in [0.1, 0.15) is 12.5 Å². The van der Waals surface area contributed by atoms with Crippen LogP contribution in [-0.4, -0.2) is 18.2 Å².